The molecule has 0 rings (SSSR count). The lowest BCUT2D eigenvalue weighted by molar-refractivity contribution is -0.870. The Morgan fingerprint density at radius 1 is 0.473 bits per heavy atom. The molecular weight excluding hydrogens is 936 g/mol. The van der Waals surface area contributed by atoms with Crippen LogP contribution in [0.4, 0.5) is 0 Å². The SMILES string of the molecule is CC/C=C\C/C=C\C/C=C\C/C=C\C/C=C\C/C=C\CCCCCCCCC(=O)NC(COP(=O)(O)OCC[N+](C)(C)C)C(O)/C=C/CC/C=C/CCCCCCCCCCCCCCCCCCCCCCC. The van der Waals surface area contributed by atoms with E-state index < -0.39 is 20.0 Å². The van der Waals surface area contributed by atoms with Crippen LogP contribution in [0.2, 0.25) is 0 Å². The normalized spacial score (nSPS) is 14.5. The molecule has 0 aromatic heterocycles. The fourth-order valence-electron chi connectivity index (χ4n) is 8.53. The molecule has 3 unspecified atom stereocenters. The Morgan fingerprint density at radius 2 is 0.824 bits per heavy atom. The number of rotatable bonds is 55. The van der Waals surface area contributed by atoms with Crippen LogP contribution in [0.5, 0.6) is 0 Å². The van der Waals surface area contributed by atoms with Crippen LogP contribution in [0.25, 0.3) is 0 Å². The van der Waals surface area contributed by atoms with Crippen molar-refractivity contribution >= 4 is 13.7 Å². The largest absolute Gasteiger partial charge is 0.472 e. The van der Waals surface area contributed by atoms with Gasteiger partial charge in [0.25, 0.3) is 0 Å². The molecule has 0 radical (unpaired) electrons. The lowest BCUT2D eigenvalue weighted by atomic mass is 10.0. The number of carbonyl (C=O) groups is 1. The Labute approximate surface area is 458 Å². The second kappa shape index (κ2) is 55.2. The minimum atomic E-state index is -4.37. The summed E-state index contributed by atoms with van der Waals surface area (Å²) in [6.45, 7) is 4.68. The average molecular weight is 1050 g/mol. The van der Waals surface area contributed by atoms with Gasteiger partial charge in [-0.05, 0) is 83.5 Å². The van der Waals surface area contributed by atoms with Crippen LogP contribution >= 0.6 is 7.82 Å². The number of carbonyl (C=O) groups excluding carboxylic acids is 1. The first-order valence-electron chi connectivity index (χ1n) is 30.6. The molecule has 0 aliphatic carbocycles. The first-order valence-corrected chi connectivity index (χ1v) is 32.1. The van der Waals surface area contributed by atoms with Gasteiger partial charge in [-0.25, -0.2) is 4.57 Å². The van der Waals surface area contributed by atoms with Crippen molar-refractivity contribution in [1.82, 2.24) is 5.32 Å². The number of nitrogens with one attached hydrogen (secondary N) is 1. The van der Waals surface area contributed by atoms with Gasteiger partial charge in [0, 0.05) is 6.42 Å². The van der Waals surface area contributed by atoms with Crippen molar-refractivity contribution < 1.29 is 32.9 Å². The molecule has 3 N–H and O–H groups in total. The number of aliphatic hydroxyl groups is 1. The van der Waals surface area contributed by atoms with E-state index in [2.05, 4.69) is 104 Å². The number of phosphoric ester groups is 1. The zero-order valence-electron chi connectivity index (χ0n) is 48.8. The Kier molecular flexibility index (Phi) is 53.3. The molecule has 0 aliphatic heterocycles. The Hall–Kier alpha value is -2.58. The fraction of sp³-hybridized carbons (Fsp3) is 0.738. The Balaban J connectivity index is 4.28. The third-order valence-electron chi connectivity index (χ3n) is 13.3. The monoisotopic (exact) mass is 1050 g/mol. The topological polar surface area (TPSA) is 105 Å². The summed E-state index contributed by atoms with van der Waals surface area (Å²) in [6.07, 6.45) is 79.5. The van der Waals surface area contributed by atoms with E-state index in [0.29, 0.717) is 17.4 Å². The van der Waals surface area contributed by atoms with E-state index in [9.17, 15) is 19.4 Å². The Morgan fingerprint density at radius 3 is 1.24 bits per heavy atom. The van der Waals surface area contributed by atoms with E-state index in [4.69, 9.17) is 9.05 Å². The maximum Gasteiger partial charge on any atom is 0.472 e. The Bertz CT molecular complexity index is 1520. The van der Waals surface area contributed by atoms with Crippen molar-refractivity contribution in [2.75, 3.05) is 40.9 Å². The molecule has 74 heavy (non-hydrogen) atoms. The molecule has 0 saturated heterocycles. The zero-order valence-corrected chi connectivity index (χ0v) is 49.7. The molecule has 0 aromatic rings. The summed E-state index contributed by atoms with van der Waals surface area (Å²) in [5.41, 5.74) is 0. The molecule has 0 spiro atoms. The molecule has 1 amide bonds. The summed E-state index contributed by atoms with van der Waals surface area (Å²) in [4.78, 5) is 23.3. The van der Waals surface area contributed by atoms with E-state index in [-0.39, 0.29) is 19.1 Å². The highest BCUT2D eigenvalue weighted by molar-refractivity contribution is 7.47. The number of quaternary nitrogens is 1. The maximum absolute atomic E-state index is 13.0. The lowest BCUT2D eigenvalue weighted by Crippen LogP contribution is -2.45. The highest BCUT2D eigenvalue weighted by Gasteiger charge is 2.27. The maximum atomic E-state index is 13.0. The van der Waals surface area contributed by atoms with E-state index in [0.717, 1.165) is 89.9 Å². The van der Waals surface area contributed by atoms with Crippen LogP contribution in [-0.2, 0) is 18.4 Å². The predicted octanol–water partition coefficient (Wildman–Crippen LogP) is 19.0. The smallest absolute Gasteiger partial charge is 0.387 e. The van der Waals surface area contributed by atoms with E-state index >= 15 is 0 Å². The summed E-state index contributed by atoms with van der Waals surface area (Å²) in [6, 6.07) is -0.880. The molecule has 0 bridgehead atoms. The van der Waals surface area contributed by atoms with Gasteiger partial charge in [0.2, 0.25) is 5.91 Å². The number of aliphatic hydroxyl groups excluding tert-OH is 1. The van der Waals surface area contributed by atoms with Gasteiger partial charge < -0.3 is 19.8 Å². The first kappa shape index (κ1) is 71.4. The van der Waals surface area contributed by atoms with Crippen LogP contribution in [-0.4, -0.2) is 73.4 Å². The number of unbranched alkanes of at least 4 members (excludes halogenated alkanes) is 28. The minimum Gasteiger partial charge on any atom is -0.387 e. The molecule has 9 heteroatoms. The molecule has 0 heterocycles. The lowest BCUT2D eigenvalue weighted by Gasteiger charge is -2.25. The van der Waals surface area contributed by atoms with E-state index in [1.807, 2.05) is 27.2 Å². The summed E-state index contributed by atoms with van der Waals surface area (Å²) >= 11 is 0. The van der Waals surface area contributed by atoms with Gasteiger partial charge in [-0.2, -0.15) is 0 Å². The second-order valence-corrected chi connectivity index (χ2v) is 23.1. The summed E-state index contributed by atoms with van der Waals surface area (Å²) in [5, 5.41) is 13.9. The number of amides is 1. The van der Waals surface area contributed by atoms with Crippen molar-refractivity contribution in [1.29, 1.82) is 0 Å². The van der Waals surface area contributed by atoms with E-state index in [1.165, 1.54) is 148 Å². The highest BCUT2D eigenvalue weighted by atomic mass is 31.2. The average Bonchev–Trinajstić information content (AvgIpc) is 3.36. The van der Waals surface area contributed by atoms with Gasteiger partial charge >= 0.3 is 7.82 Å². The van der Waals surface area contributed by atoms with Gasteiger partial charge in [-0.1, -0.05) is 265 Å². The number of hydrogen-bond acceptors (Lipinski definition) is 5. The van der Waals surface area contributed by atoms with Crippen molar-refractivity contribution in [3.8, 4) is 0 Å². The summed E-state index contributed by atoms with van der Waals surface area (Å²) in [7, 11) is 1.53. The molecule has 0 saturated carbocycles. The molecule has 428 valence electrons. The van der Waals surface area contributed by atoms with Gasteiger partial charge in [0.1, 0.15) is 13.2 Å². The second-order valence-electron chi connectivity index (χ2n) is 21.7. The molecule has 0 aromatic carbocycles. The van der Waals surface area contributed by atoms with Gasteiger partial charge in [-0.15, -0.1) is 0 Å². The highest BCUT2D eigenvalue weighted by Crippen LogP contribution is 2.43. The van der Waals surface area contributed by atoms with Crippen LogP contribution in [0.15, 0.2) is 97.2 Å². The summed E-state index contributed by atoms with van der Waals surface area (Å²) < 4.78 is 23.7. The molecule has 3 atom stereocenters. The zero-order chi connectivity index (χ0) is 54.2. The molecule has 0 fully saturated rings. The number of hydrogen-bond donors (Lipinski definition) is 3. The van der Waals surface area contributed by atoms with Crippen LogP contribution in [0, 0.1) is 0 Å². The van der Waals surface area contributed by atoms with Gasteiger partial charge in [0.15, 0.2) is 0 Å². The van der Waals surface area contributed by atoms with Crippen molar-refractivity contribution in [2.45, 2.75) is 270 Å². The van der Waals surface area contributed by atoms with Crippen LogP contribution < -0.4 is 5.32 Å². The minimum absolute atomic E-state index is 0.0480. The van der Waals surface area contributed by atoms with Crippen molar-refractivity contribution in [2.24, 2.45) is 0 Å². The van der Waals surface area contributed by atoms with Crippen molar-refractivity contribution in [3.05, 3.63) is 97.2 Å². The number of phosphoric acid groups is 1. The van der Waals surface area contributed by atoms with Crippen LogP contribution in [0.3, 0.4) is 0 Å². The first-order chi connectivity index (χ1) is 36.0. The summed E-state index contributed by atoms with van der Waals surface area (Å²) in [5.74, 6) is -0.203. The predicted molar refractivity (Wildman–Crippen MR) is 322 cm³/mol. The van der Waals surface area contributed by atoms with Gasteiger partial charge in [0.05, 0.1) is 39.9 Å². The molecule has 0 aliphatic rings. The number of likely N-dealkylation sites (N-methyl/N-ethyl adjacent to an activating group) is 1. The van der Waals surface area contributed by atoms with Crippen LogP contribution in [0.1, 0.15) is 258 Å². The van der Waals surface area contributed by atoms with Gasteiger partial charge in [-0.3, -0.25) is 13.8 Å². The molecule has 8 nitrogen and oxygen atoms in total. The standard InChI is InChI=1S/C65H117N2O6P/c1-6-8-10-12-14-16-18-20-22-24-26-28-30-32-33-35-36-38-40-42-44-46-48-50-52-54-56-58-64(68)63(62-73-74(70,71)72-61-60-67(3,4)5)66-65(69)59-57-55-53-51-49-47-45-43-41-39-37-34-31-29-27-25-23-21-19-17-15-13-11-9-7-2/h9,11,15,17,21,23,27,29,34,37,41,43,48,50,56,58,63-64,68H,6-8,10,12-14,16,18-20,22,24-26,28,30-33,35-36,38-40,42,44-47,49,51-55,57,59-62H2,1-5H3,(H-,66,69,70,71)/p+1/b11-9-,17-15-,23-21-,29-27-,37-34-,43-41-,50-48+,58-56+. The molecular formula is C65H118N2O6P+. The third-order valence-corrected chi connectivity index (χ3v) is 14.3. The number of allylic oxidation sites excluding steroid dienone is 15. The van der Waals surface area contributed by atoms with Crippen molar-refractivity contribution in [3.63, 3.8) is 0 Å². The number of nitrogens with zero attached hydrogens (tertiary/aromatic N) is 1. The quantitative estimate of drug-likeness (QED) is 0.0243. The van der Waals surface area contributed by atoms with E-state index in [1.54, 1.807) is 6.08 Å². The fourth-order valence-corrected chi connectivity index (χ4v) is 9.27. The third kappa shape index (κ3) is 57.1.